The Labute approximate surface area is 124 Å². The van der Waals surface area contributed by atoms with E-state index in [0.29, 0.717) is 17.0 Å². The van der Waals surface area contributed by atoms with Gasteiger partial charge < -0.3 is 0 Å². The van der Waals surface area contributed by atoms with E-state index in [2.05, 4.69) is 15.9 Å². The second-order valence-corrected chi connectivity index (χ2v) is 5.55. The van der Waals surface area contributed by atoms with E-state index >= 15 is 0 Å². The minimum absolute atomic E-state index is 0.0218. The summed E-state index contributed by atoms with van der Waals surface area (Å²) in [6.07, 6.45) is 0.494. The van der Waals surface area contributed by atoms with Crippen molar-refractivity contribution >= 4 is 33.3 Å². The van der Waals surface area contributed by atoms with Gasteiger partial charge in [-0.3, -0.25) is 4.79 Å². The van der Waals surface area contributed by atoms with Crippen LogP contribution in [0.1, 0.15) is 11.1 Å². The van der Waals surface area contributed by atoms with Crippen molar-refractivity contribution in [1.82, 2.24) is 0 Å². The minimum atomic E-state index is -0.339. The smallest absolute Gasteiger partial charge is 0.141 e. The Balaban J connectivity index is 2.07. The third-order valence-electron chi connectivity index (χ3n) is 2.69. The Bertz CT molecular complexity index is 613. The van der Waals surface area contributed by atoms with Crippen molar-refractivity contribution in [2.45, 2.75) is 12.8 Å². The van der Waals surface area contributed by atoms with E-state index in [9.17, 15) is 9.18 Å². The fraction of sp³-hybridized carbons (Fsp3) is 0.133. The molecule has 0 aliphatic heterocycles. The molecular weight excluding hydrogens is 331 g/mol. The van der Waals surface area contributed by atoms with Gasteiger partial charge in [0, 0.05) is 22.3 Å². The normalized spacial score (nSPS) is 10.5. The van der Waals surface area contributed by atoms with Gasteiger partial charge in [-0.1, -0.05) is 39.7 Å². The number of benzene rings is 2. The molecule has 0 saturated heterocycles. The third-order valence-corrected chi connectivity index (χ3v) is 3.69. The molecular formula is C15H11BrClFO. The molecule has 0 spiro atoms. The Hall–Kier alpha value is -1.19. The van der Waals surface area contributed by atoms with Crippen LogP contribution in [0, 0.1) is 5.82 Å². The lowest BCUT2D eigenvalue weighted by molar-refractivity contribution is -0.117. The van der Waals surface area contributed by atoms with Crippen LogP contribution in [-0.2, 0) is 17.6 Å². The van der Waals surface area contributed by atoms with Gasteiger partial charge in [0.2, 0.25) is 0 Å². The quantitative estimate of drug-likeness (QED) is 0.794. The van der Waals surface area contributed by atoms with E-state index in [-0.39, 0.29) is 18.0 Å². The summed E-state index contributed by atoms with van der Waals surface area (Å²) in [7, 11) is 0. The molecule has 0 bridgehead atoms. The van der Waals surface area contributed by atoms with Gasteiger partial charge in [-0.2, -0.15) is 0 Å². The molecule has 4 heteroatoms. The first-order valence-electron chi connectivity index (χ1n) is 5.74. The Morgan fingerprint density at radius 3 is 2.68 bits per heavy atom. The van der Waals surface area contributed by atoms with E-state index in [4.69, 9.17) is 11.6 Å². The zero-order chi connectivity index (χ0) is 13.8. The van der Waals surface area contributed by atoms with Crippen LogP contribution in [0.4, 0.5) is 4.39 Å². The molecule has 2 rings (SSSR count). The molecule has 19 heavy (non-hydrogen) atoms. The molecule has 0 radical (unpaired) electrons. The van der Waals surface area contributed by atoms with Crippen LogP contribution in [-0.4, -0.2) is 5.78 Å². The highest BCUT2D eigenvalue weighted by atomic mass is 79.9. The number of hydrogen-bond donors (Lipinski definition) is 0. The zero-order valence-electron chi connectivity index (χ0n) is 10.00. The lowest BCUT2D eigenvalue weighted by Gasteiger charge is -2.05. The highest BCUT2D eigenvalue weighted by molar-refractivity contribution is 9.10. The zero-order valence-corrected chi connectivity index (χ0v) is 12.3. The second-order valence-electron chi connectivity index (χ2n) is 4.26. The lowest BCUT2D eigenvalue weighted by Crippen LogP contribution is -2.07. The number of carbonyl (C=O) groups is 1. The maximum atomic E-state index is 13.1. The molecule has 0 saturated carbocycles. The van der Waals surface area contributed by atoms with Crippen LogP contribution in [0.3, 0.4) is 0 Å². The van der Waals surface area contributed by atoms with Gasteiger partial charge in [-0.25, -0.2) is 4.39 Å². The first-order chi connectivity index (χ1) is 9.04. The molecule has 98 valence electrons. The van der Waals surface area contributed by atoms with E-state index in [1.54, 1.807) is 18.2 Å². The van der Waals surface area contributed by atoms with Crippen LogP contribution < -0.4 is 0 Å². The van der Waals surface area contributed by atoms with Crippen molar-refractivity contribution in [3.63, 3.8) is 0 Å². The predicted molar refractivity (Wildman–Crippen MR) is 78.0 cm³/mol. The van der Waals surface area contributed by atoms with Crippen LogP contribution in [0.25, 0.3) is 0 Å². The number of halogens is 3. The van der Waals surface area contributed by atoms with Crippen LogP contribution in [0.15, 0.2) is 46.9 Å². The number of Topliss-reactive ketones (excluding diaryl/α,β-unsaturated/α-hetero) is 1. The molecule has 0 heterocycles. The number of carbonyl (C=O) groups excluding carboxylic acids is 1. The molecule has 0 unspecified atom stereocenters. The summed E-state index contributed by atoms with van der Waals surface area (Å²) in [5, 5.41) is 0.609. The van der Waals surface area contributed by atoms with E-state index < -0.39 is 0 Å². The van der Waals surface area contributed by atoms with Crippen molar-refractivity contribution in [2.75, 3.05) is 0 Å². The molecule has 2 aromatic carbocycles. The molecule has 0 amide bonds. The average Bonchev–Trinajstić information content (AvgIpc) is 2.34. The van der Waals surface area contributed by atoms with Gasteiger partial charge in [0.15, 0.2) is 0 Å². The average molecular weight is 342 g/mol. The summed E-state index contributed by atoms with van der Waals surface area (Å²) >= 11 is 9.18. The maximum absolute atomic E-state index is 13.1. The summed E-state index contributed by atoms with van der Waals surface area (Å²) in [6, 6.07) is 11.5. The number of rotatable bonds is 4. The van der Waals surface area contributed by atoms with Gasteiger partial charge in [-0.05, 0) is 41.5 Å². The van der Waals surface area contributed by atoms with Gasteiger partial charge in [0.1, 0.15) is 11.6 Å². The van der Waals surface area contributed by atoms with Crippen molar-refractivity contribution in [2.24, 2.45) is 0 Å². The van der Waals surface area contributed by atoms with Gasteiger partial charge in [0.05, 0.1) is 0 Å². The van der Waals surface area contributed by atoms with E-state index in [0.717, 1.165) is 10.0 Å². The largest absolute Gasteiger partial charge is 0.299 e. The SMILES string of the molecule is O=C(Cc1cccc(Cl)c1)Cc1cc(F)ccc1Br. The Morgan fingerprint density at radius 2 is 1.95 bits per heavy atom. The number of ketones is 1. The highest BCUT2D eigenvalue weighted by Crippen LogP contribution is 2.19. The highest BCUT2D eigenvalue weighted by Gasteiger charge is 2.09. The standard InChI is InChI=1S/C15H11BrClFO/c16-15-5-4-13(18)8-11(15)9-14(19)7-10-2-1-3-12(17)6-10/h1-6,8H,7,9H2. The molecule has 0 atom stereocenters. The van der Waals surface area contributed by atoms with Gasteiger partial charge in [-0.15, -0.1) is 0 Å². The lowest BCUT2D eigenvalue weighted by atomic mass is 10.0. The molecule has 0 aliphatic carbocycles. The molecule has 0 aliphatic rings. The topological polar surface area (TPSA) is 17.1 Å². The maximum Gasteiger partial charge on any atom is 0.141 e. The van der Waals surface area contributed by atoms with E-state index in [1.165, 1.54) is 12.1 Å². The Kier molecular flexibility index (Phi) is 4.72. The van der Waals surface area contributed by atoms with Crippen molar-refractivity contribution in [3.05, 3.63) is 68.9 Å². The van der Waals surface area contributed by atoms with Crippen LogP contribution in [0.5, 0.6) is 0 Å². The summed E-state index contributed by atoms with van der Waals surface area (Å²) in [5.41, 5.74) is 1.53. The molecule has 1 nitrogen and oxygen atoms in total. The fourth-order valence-electron chi connectivity index (χ4n) is 1.83. The summed E-state index contributed by atoms with van der Waals surface area (Å²) in [5.74, 6) is -0.317. The molecule has 0 N–H and O–H groups in total. The summed E-state index contributed by atoms with van der Waals surface area (Å²) in [4.78, 5) is 12.0. The van der Waals surface area contributed by atoms with Crippen molar-refractivity contribution in [3.8, 4) is 0 Å². The van der Waals surface area contributed by atoms with Crippen molar-refractivity contribution in [1.29, 1.82) is 0 Å². The number of hydrogen-bond acceptors (Lipinski definition) is 1. The molecule has 2 aromatic rings. The van der Waals surface area contributed by atoms with Crippen LogP contribution >= 0.6 is 27.5 Å². The monoisotopic (exact) mass is 340 g/mol. The van der Waals surface area contributed by atoms with Crippen molar-refractivity contribution < 1.29 is 9.18 Å². The predicted octanol–water partition coefficient (Wildman–Crippen LogP) is 4.60. The summed E-state index contributed by atoms with van der Waals surface area (Å²) in [6.45, 7) is 0. The fourth-order valence-corrected chi connectivity index (χ4v) is 2.43. The van der Waals surface area contributed by atoms with Gasteiger partial charge in [0.25, 0.3) is 0 Å². The molecule has 0 aromatic heterocycles. The minimum Gasteiger partial charge on any atom is -0.299 e. The first-order valence-corrected chi connectivity index (χ1v) is 6.92. The first kappa shape index (κ1) is 14.2. The van der Waals surface area contributed by atoms with E-state index in [1.807, 2.05) is 12.1 Å². The second kappa shape index (κ2) is 6.31. The molecule has 0 fully saturated rings. The Morgan fingerprint density at radius 1 is 1.16 bits per heavy atom. The van der Waals surface area contributed by atoms with Crippen LogP contribution in [0.2, 0.25) is 5.02 Å². The third kappa shape index (κ3) is 4.15. The van der Waals surface area contributed by atoms with Gasteiger partial charge >= 0.3 is 0 Å². The summed E-state index contributed by atoms with van der Waals surface area (Å²) < 4.78 is 13.9.